The number of hydrogen-bond acceptors (Lipinski definition) is 2. The van der Waals surface area contributed by atoms with Crippen molar-refractivity contribution < 1.29 is 9.59 Å². The summed E-state index contributed by atoms with van der Waals surface area (Å²) in [4.78, 5) is 21.8. The number of rotatable bonds is 8. The maximum absolute atomic E-state index is 10.9. The van der Waals surface area contributed by atoms with Gasteiger partial charge < -0.3 is 5.32 Å². The van der Waals surface area contributed by atoms with E-state index in [0.29, 0.717) is 25.0 Å². The van der Waals surface area contributed by atoms with Crippen LogP contribution >= 0.6 is 0 Å². The number of carbonyl (C=O) groups is 2. The van der Waals surface area contributed by atoms with Crippen molar-refractivity contribution in [3.63, 3.8) is 0 Å². The van der Waals surface area contributed by atoms with Crippen LogP contribution in [-0.2, 0) is 9.59 Å². The highest BCUT2D eigenvalue weighted by Gasteiger charge is 1.99. The minimum atomic E-state index is 0.106. The fraction of sp³-hybridized carbons (Fsp3) is 0.818. The molecule has 1 amide bonds. The third-order valence-corrected chi connectivity index (χ3v) is 2.28. The Balaban J connectivity index is 3.14. The van der Waals surface area contributed by atoms with E-state index < -0.39 is 0 Å². The zero-order chi connectivity index (χ0) is 10.8. The number of unbranched alkanes of at least 4 members (excludes halogenated alkanes) is 3. The molecule has 1 N–H and O–H groups in total. The van der Waals surface area contributed by atoms with Crippen molar-refractivity contribution in [2.24, 2.45) is 0 Å². The van der Waals surface area contributed by atoms with Crippen molar-refractivity contribution >= 4 is 11.7 Å². The van der Waals surface area contributed by atoms with Crippen LogP contribution in [0, 0.1) is 0 Å². The molecule has 0 saturated heterocycles. The normalized spacial score (nSPS) is 9.86. The third kappa shape index (κ3) is 7.77. The van der Waals surface area contributed by atoms with Crippen molar-refractivity contribution in [1.82, 2.24) is 5.32 Å². The fourth-order valence-corrected chi connectivity index (χ4v) is 1.26. The first-order valence-corrected chi connectivity index (χ1v) is 5.43. The van der Waals surface area contributed by atoms with Gasteiger partial charge >= 0.3 is 0 Å². The molecule has 0 unspecified atom stereocenters. The predicted molar refractivity (Wildman–Crippen MR) is 57.1 cm³/mol. The molecule has 0 rings (SSSR count). The van der Waals surface area contributed by atoms with E-state index in [-0.39, 0.29) is 5.91 Å². The Morgan fingerprint density at radius 2 is 1.57 bits per heavy atom. The number of hydrogen-bond donors (Lipinski definition) is 1. The van der Waals surface area contributed by atoms with Gasteiger partial charge in [-0.1, -0.05) is 19.8 Å². The Kier molecular flexibility index (Phi) is 8.19. The molecule has 0 atom stereocenters. The molecule has 0 aliphatic heterocycles. The lowest BCUT2D eigenvalue weighted by Crippen LogP contribution is -2.16. The summed E-state index contributed by atoms with van der Waals surface area (Å²) in [6.07, 6.45) is 5.97. The SMILES string of the molecule is CCC(=O)CCCCCCC(=O)NC. The third-order valence-electron chi connectivity index (χ3n) is 2.28. The van der Waals surface area contributed by atoms with Gasteiger partial charge in [0.15, 0.2) is 0 Å². The average Bonchev–Trinajstić information content (AvgIpc) is 2.22. The van der Waals surface area contributed by atoms with Crippen LogP contribution < -0.4 is 5.32 Å². The van der Waals surface area contributed by atoms with E-state index in [1.54, 1.807) is 7.05 Å². The molecule has 0 heterocycles. The lowest BCUT2D eigenvalue weighted by atomic mass is 10.1. The summed E-state index contributed by atoms with van der Waals surface area (Å²) >= 11 is 0. The molecular weight excluding hydrogens is 178 g/mol. The Labute approximate surface area is 86.3 Å². The first kappa shape index (κ1) is 13.1. The average molecular weight is 199 g/mol. The zero-order valence-corrected chi connectivity index (χ0v) is 9.27. The van der Waals surface area contributed by atoms with Crippen molar-refractivity contribution in [3.05, 3.63) is 0 Å². The quantitative estimate of drug-likeness (QED) is 0.608. The molecule has 82 valence electrons. The molecule has 0 aromatic rings. The van der Waals surface area contributed by atoms with Gasteiger partial charge in [-0.3, -0.25) is 9.59 Å². The molecule has 0 aromatic carbocycles. The first-order valence-electron chi connectivity index (χ1n) is 5.43. The van der Waals surface area contributed by atoms with E-state index in [9.17, 15) is 9.59 Å². The second kappa shape index (κ2) is 8.73. The van der Waals surface area contributed by atoms with Gasteiger partial charge in [0.05, 0.1) is 0 Å². The molecule has 14 heavy (non-hydrogen) atoms. The lowest BCUT2D eigenvalue weighted by Gasteiger charge is -2.00. The molecule has 0 aliphatic rings. The Morgan fingerprint density at radius 1 is 1.00 bits per heavy atom. The van der Waals surface area contributed by atoms with Crippen molar-refractivity contribution in [1.29, 1.82) is 0 Å². The minimum Gasteiger partial charge on any atom is -0.359 e. The Hall–Kier alpha value is -0.860. The molecule has 0 spiro atoms. The molecule has 0 fully saturated rings. The van der Waals surface area contributed by atoms with Crippen LogP contribution in [0.15, 0.2) is 0 Å². The van der Waals surface area contributed by atoms with E-state index in [2.05, 4.69) is 5.32 Å². The molecule has 0 aliphatic carbocycles. The maximum Gasteiger partial charge on any atom is 0.219 e. The van der Waals surface area contributed by atoms with Gasteiger partial charge in [0.25, 0.3) is 0 Å². The van der Waals surface area contributed by atoms with Crippen LogP contribution in [0.3, 0.4) is 0 Å². The predicted octanol–water partition coefficient (Wildman–Crippen LogP) is 2.05. The van der Waals surface area contributed by atoms with Gasteiger partial charge in [0.1, 0.15) is 5.78 Å². The summed E-state index contributed by atoms with van der Waals surface area (Å²) in [6, 6.07) is 0. The van der Waals surface area contributed by atoms with Crippen molar-refractivity contribution in [2.45, 2.75) is 51.9 Å². The van der Waals surface area contributed by atoms with Gasteiger partial charge in [0, 0.05) is 26.3 Å². The summed E-state index contributed by atoms with van der Waals surface area (Å²) in [6.45, 7) is 1.90. The van der Waals surface area contributed by atoms with Crippen LogP contribution in [0.5, 0.6) is 0 Å². The summed E-state index contributed by atoms with van der Waals surface area (Å²) in [5, 5.41) is 2.59. The summed E-state index contributed by atoms with van der Waals surface area (Å²) in [5.74, 6) is 0.450. The van der Waals surface area contributed by atoms with E-state index in [1.165, 1.54) is 0 Å². The Morgan fingerprint density at radius 3 is 2.07 bits per heavy atom. The minimum absolute atomic E-state index is 0.106. The standard InChI is InChI=1S/C11H21NO2/c1-3-10(13)8-6-4-5-7-9-11(14)12-2/h3-9H2,1-2H3,(H,12,14). The van der Waals surface area contributed by atoms with Crippen LogP contribution in [-0.4, -0.2) is 18.7 Å². The van der Waals surface area contributed by atoms with Crippen LogP contribution in [0.2, 0.25) is 0 Å². The van der Waals surface area contributed by atoms with Gasteiger partial charge in [-0.2, -0.15) is 0 Å². The highest BCUT2D eigenvalue weighted by Crippen LogP contribution is 2.06. The van der Waals surface area contributed by atoms with Crippen molar-refractivity contribution in [2.75, 3.05) is 7.05 Å². The highest BCUT2D eigenvalue weighted by molar-refractivity contribution is 5.77. The monoisotopic (exact) mass is 199 g/mol. The molecule has 3 heteroatoms. The second-order valence-electron chi connectivity index (χ2n) is 3.48. The number of nitrogens with one attached hydrogen (secondary N) is 1. The van der Waals surface area contributed by atoms with E-state index in [1.807, 2.05) is 6.92 Å². The van der Waals surface area contributed by atoms with E-state index in [0.717, 1.165) is 25.7 Å². The van der Waals surface area contributed by atoms with Gasteiger partial charge in [0.2, 0.25) is 5.91 Å². The molecule has 0 radical (unpaired) electrons. The highest BCUT2D eigenvalue weighted by atomic mass is 16.1. The van der Waals surface area contributed by atoms with Crippen molar-refractivity contribution in [3.8, 4) is 0 Å². The zero-order valence-electron chi connectivity index (χ0n) is 9.27. The summed E-state index contributed by atoms with van der Waals surface area (Å²) in [7, 11) is 1.66. The summed E-state index contributed by atoms with van der Waals surface area (Å²) in [5.41, 5.74) is 0. The van der Waals surface area contributed by atoms with Crippen LogP contribution in [0.4, 0.5) is 0 Å². The van der Waals surface area contributed by atoms with Gasteiger partial charge in [-0.25, -0.2) is 0 Å². The van der Waals surface area contributed by atoms with Crippen LogP contribution in [0.25, 0.3) is 0 Å². The molecule has 0 saturated carbocycles. The fourth-order valence-electron chi connectivity index (χ4n) is 1.26. The van der Waals surface area contributed by atoms with E-state index >= 15 is 0 Å². The second-order valence-corrected chi connectivity index (χ2v) is 3.48. The lowest BCUT2D eigenvalue weighted by molar-refractivity contribution is -0.121. The molecular formula is C11H21NO2. The largest absolute Gasteiger partial charge is 0.359 e. The first-order chi connectivity index (χ1) is 6.70. The topological polar surface area (TPSA) is 46.2 Å². The molecule has 3 nitrogen and oxygen atoms in total. The maximum atomic E-state index is 10.9. The summed E-state index contributed by atoms with van der Waals surface area (Å²) < 4.78 is 0. The van der Waals surface area contributed by atoms with Crippen LogP contribution in [0.1, 0.15) is 51.9 Å². The number of carbonyl (C=O) groups excluding carboxylic acids is 2. The molecule has 0 aromatic heterocycles. The number of Topliss-reactive ketones (excluding diaryl/α,β-unsaturated/α-hetero) is 1. The van der Waals surface area contributed by atoms with E-state index in [4.69, 9.17) is 0 Å². The number of amides is 1. The Bertz CT molecular complexity index is 158. The van der Waals surface area contributed by atoms with Gasteiger partial charge in [-0.15, -0.1) is 0 Å². The molecule has 0 bridgehead atoms. The van der Waals surface area contributed by atoms with Gasteiger partial charge in [-0.05, 0) is 12.8 Å². The smallest absolute Gasteiger partial charge is 0.219 e. The number of ketones is 1.